The van der Waals surface area contributed by atoms with E-state index in [1.165, 1.54) is 5.56 Å². The molecule has 3 rings (SSSR count). The van der Waals surface area contributed by atoms with Crippen LogP contribution in [0.1, 0.15) is 35.7 Å². The molecule has 2 aliphatic heterocycles. The van der Waals surface area contributed by atoms with Gasteiger partial charge in [0, 0.05) is 31.7 Å². The minimum Gasteiger partial charge on any atom is -0.372 e. The molecule has 1 amide bonds. The zero-order valence-corrected chi connectivity index (χ0v) is 12.7. The predicted octanol–water partition coefficient (Wildman–Crippen LogP) is 1.84. The van der Waals surface area contributed by atoms with Gasteiger partial charge in [-0.2, -0.15) is 0 Å². The van der Waals surface area contributed by atoms with Crippen LogP contribution in [-0.2, 0) is 11.2 Å². The van der Waals surface area contributed by atoms with Crippen molar-refractivity contribution in [2.24, 2.45) is 0 Å². The molecule has 0 saturated carbocycles. The van der Waals surface area contributed by atoms with Crippen molar-refractivity contribution in [2.45, 2.75) is 31.8 Å². The second-order valence-corrected chi connectivity index (χ2v) is 6.05. The Hall–Kier alpha value is -1.39. The van der Waals surface area contributed by atoms with Crippen molar-refractivity contribution in [1.29, 1.82) is 0 Å². The Kier molecular flexibility index (Phi) is 4.27. The minimum absolute atomic E-state index is 0.0406. The number of piperidine rings is 1. The molecule has 0 atom stereocenters. The predicted molar refractivity (Wildman–Crippen MR) is 82.5 cm³/mol. The molecule has 114 valence electrons. The van der Waals surface area contributed by atoms with Crippen molar-refractivity contribution < 1.29 is 9.53 Å². The number of rotatable bonds is 2. The van der Waals surface area contributed by atoms with Crippen LogP contribution in [0.4, 0.5) is 0 Å². The first-order valence-electron chi connectivity index (χ1n) is 7.95. The summed E-state index contributed by atoms with van der Waals surface area (Å²) in [5, 5.41) is 3.41. The van der Waals surface area contributed by atoms with Gasteiger partial charge >= 0.3 is 0 Å². The number of amides is 1. The number of carbonyl (C=O) groups is 1. The van der Waals surface area contributed by atoms with E-state index in [1.807, 2.05) is 29.2 Å². The number of likely N-dealkylation sites (tertiary alicyclic amines) is 1. The molecule has 1 spiro atoms. The summed E-state index contributed by atoms with van der Waals surface area (Å²) in [6, 6.07) is 7.99. The van der Waals surface area contributed by atoms with E-state index in [-0.39, 0.29) is 11.5 Å². The maximum absolute atomic E-state index is 12.5. The highest BCUT2D eigenvalue weighted by Crippen LogP contribution is 2.28. The number of hydrogen-bond donors (Lipinski definition) is 1. The van der Waals surface area contributed by atoms with Gasteiger partial charge in [0.2, 0.25) is 0 Å². The van der Waals surface area contributed by atoms with E-state index in [2.05, 4.69) is 12.2 Å². The molecule has 0 radical (unpaired) electrons. The number of nitrogens with zero attached hydrogens (tertiary/aromatic N) is 1. The third kappa shape index (κ3) is 3.11. The number of morpholine rings is 1. The van der Waals surface area contributed by atoms with E-state index in [9.17, 15) is 4.79 Å². The molecule has 1 aromatic carbocycles. The summed E-state index contributed by atoms with van der Waals surface area (Å²) in [7, 11) is 0. The molecule has 2 fully saturated rings. The van der Waals surface area contributed by atoms with Crippen LogP contribution in [0.25, 0.3) is 0 Å². The van der Waals surface area contributed by atoms with E-state index < -0.39 is 0 Å². The zero-order chi connectivity index (χ0) is 14.7. The average molecular weight is 288 g/mol. The summed E-state index contributed by atoms with van der Waals surface area (Å²) in [5.74, 6) is 0.149. The first-order valence-corrected chi connectivity index (χ1v) is 7.95. The lowest BCUT2D eigenvalue weighted by Crippen LogP contribution is -2.56. The van der Waals surface area contributed by atoms with E-state index in [0.29, 0.717) is 0 Å². The number of aryl methyl sites for hydroxylation is 1. The second-order valence-electron chi connectivity index (χ2n) is 6.05. The Labute approximate surface area is 126 Å². The van der Waals surface area contributed by atoms with Crippen LogP contribution in [0.3, 0.4) is 0 Å². The Morgan fingerprint density at radius 3 is 2.57 bits per heavy atom. The maximum atomic E-state index is 12.5. The highest BCUT2D eigenvalue weighted by molar-refractivity contribution is 5.94. The molecule has 4 heteroatoms. The Morgan fingerprint density at radius 1 is 1.29 bits per heavy atom. The fraction of sp³-hybridized carbons (Fsp3) is 0.588. The van der Waals surface area contributed by atoms with E-state index in [1.54, 1.807) is 0 Å². The van der Waals surface area contributed by atoms with Crippen molar-refractivity contribution in [3.05, 3.63) is 35.4 Å². The summed E-state index contributed by atoms with van der Waals surface area (Å²) in [4.78, 5) is 14.5. The normalized spacial score (nSPS) is 21.5. The Bertz CT molecular complexity index is 482. The van der Waals surface area contributed by atoms with Crippen LogP contribution >= 0.6 is 0 Å². The van der Waals surface area contributed by atoms with Gasteiger partial charge in [0.05, 0.1) is 12.2 Å². The lowest BCUT2D eigenvalue weighted by molar-refractivity contribution is -0.0954. The molecule has 0 aromatic heterocycles. The molecule has 21 heavy (non-hydrogen) atoms. The standard InChI is InChI=1S/C17H24N2O2/c1-2-14-3-5-15(6-4-14)16(20)19-10-7-17(8-11-19)13-18-9-12-21-17/h3-6,18H,2,7-13H2,1H3. The third-order valence-corrected chi connectivity index (χ3v) is 4.71. The van der Waals surface area contributed by atoms with Crippen molar-refractivity contribution in [1.82, 2.24) is 10.2 Å². The second kappa shape index (κ2) is 6.16. The van der Waals surface area contributed by atoms with Crippen molar-refractivity contribution >= 4 is 5.91 Å². The molecule has 0 unspecified atom stereocenters. The van der Waals surface area contributed by atoms with E-state index >= 15 is 0 Å². The topological polar surface area (TPSA) is 41.6 Å². The van der Waals surface area contributed by atoms with Gasteiger partial charge in [-0.05, 0) is 37.0 Å². The quantitative estimate of drug-likeness (QED) is 0.903. The lowest BCUT2D eigenvalue weighted by Gasteiger charge is -2.44. The number of nitrogens with one attached hydrogen (secondary N) is 1. The fourth-order valence-electron chi connectivity index (χ4n) is 3.21. The molecule has 1 aromatic rings. The highest BCUT2D eigenvalue weighted by Gasteiger charge is 2.38. The van der Waals surface area contributed by atoms with Crippen LogP contribution in [0.2, 0.25) is 0 Å². The van der Waals surface area contributed by atoms with Gasteiger partial charge in [-0.1, -0.05) is 19.1 Å². The lowest BCUT2D eigenvalue weighted by atomic mass is 9.89. The van der Waals surface area contributed by atoms with Crippen LogP contribution in [0, 0.1) is 0 Å². The maximum Gasteiger partial charge on any atom is 0.253 e. The van der Waals surface area contributed by atoms with Gasteiger partial charge in [0.25, 0.3) is 5.91 Å². The first-order chi connectivity index (χ1) is 10.2. The van der Waals surface area contributed by atoms with Gasteiger partial charge < -0.3 is 15.0 Å². The van der Waals surface area contributed by atoms with Gasteiger partial charge in [-0.3, -0.25) is 4.79 Å². The molecule has 2 heterocycles. The number of benzene rings is 1. The highest BCUT2D eigenvalue weighted by atomic mass is 16.5. The number of ether oxygens (including phenoxy) is 1. The molecule has 2 aliphatic rings. The Morgan fingerprint density at radius 2 is 2.00 bits per heavy atom. The monoisotopic (exact) mass is 288 g/mol. The molecule has 1 N–H and O–H groups in total. The molecule has 0 bridgehead atoms. The smallest absolute Gasteiger partial charge is 0.253 e. The summed E-state index contributed by atoms with van der Waals surface area (Å²) >= 11 is 0. The molecule has 0 aliphatic carbocycles. The molecule has 4 nitrogen and oxygen atoms in total. The van der Waals surface area contributed by atoms with E-state index in [0.717, 1.165) is 57.6 Å². The van der Waals surface area contributed by atoms with Gasteiger partial charge in [-0.25, -0.2) is 0 Å². The van der Waals surface area contributed by atoms with Crippen LogP contribution < -0.4 is 5.32 Å². The van der Waals surface area contributed by atoms with Crippen LogP contribution in [0.15, 0.2) is 24.3 Å². The number of hydrogen-bond acceptors (Lipinski definition) is 3. The molecule has 2 saturated heterocycles. The SMILES string of the molecule is CCc1ccc(C(=O)N2CCC3(CC2)CNCCO3)cc1. The average Bonchev–Trinajstić information content (AvgIpc) is 2.56. The largest absolute Gasteiger partial charge is 0.372 e. The van der Waals surface area contributed by atoms with E-state index in [4.69, 9.17) is 4.74 Å². The number of carbonyl (C=O) groups excluding carboxylic acids is 1. The van der Waals surface area contributed by atoms with Gasteiger partial charge in [-0.15, -0.1) is 0 Å². The van der Waals surface area contributed by atoms with Gasteiger partial charge in [0.1, 0.15) is 0 Å². The summed E-state index contributed by atoms with van der Waals surface area (Å²) in [6.45, 7) is 6.34. The van der Waals surface area contributed by atoms with Crippen molar-refractivity contribution in [3.8, 4) is 0 Å². The molecular formula is C17H24N2O2. The van der Waals surface area contributed by atoms with Crippen LogP contribution in [0.5, 0.6) is 0 Å². The minimum atomic E-state index is -0.0406. The fourth-order valence-corrected chi connectivity index (χ4v) is 3.21. The summed E-state index contributed by atoms with van der Waals surface area (Å²) < 4.78 is 5.97. The third-order valence-electron chi connectivity index (χ3n) is 4.71. The van der Waals surface area contributed by atoms with Crippen LogP contribution in [-0.4, -0.2) is 49.2 Å². The zero-order valence-electron chi connectivity index (χ0n) is 12.7. The molecular weight excluding hydrogens is 264 g/mol. The van der Waals surface area contributed by atoms with Crippen molar-refractivity contribution in [2.75, 3.05) is 32.8 Å². The summed E-state index contributed by atoms with van der Waals surface area (Å²) in [5.41, 5.74) is 2.03. The first kappa shape index (κ1) is 14.5. The van der Waals surface area contributed by atoms with Crippen molar-refractivity contribution in [3.63, 3.8) is 0 Å². The summed E-state index contributed by atoms with van der Waals surface area (Å²) in [6.07, 6.45) is 2.86. The Balaban J connectivity index is 1.61. The van der Waals surface area contributed by atoms with Gasteiger partial charge in [0.15, 0.2) is 0 Å².